The van der Waals surface area contributed by atoms with Crippen LogP contribution in [0.2, 0.25) is 10.0 Å². The van der Waals surface area contributed by atoms with E-state index in [9.17, 15) is 4.79 Å². The minimum atomic E-state index is -0.318. The molecule has 0 aromatic heterocycles. The van der Waals surface area contributed by atoms with E-state index >= 15 is 0 Å². The Hall–Kier alpha value is -0.890. The fraction of sp³-hybridized carbons (Fsp3) is 0.562. The molecule has 0 bridgehead atoms. The number of hydrogen-bond donors (Lipinski definition) is 2. The second kappa shape index (κ2) is 7.99. The highest BCUT2D eigenvalue weighted by atomic mass is 35.5. The smallest absolute Gasteiger partial charge is 0.324 e. The molecular weight excluding hydrogens is 353 g/mol. The van der Waals surface area contributed by atoms with Gasteiger partial charge >= 0.3 is 5.97 Å². The molecule has 8 heteroatoms. The highest BCUT2D eigenvalue weighted by molar-refractivity contribution is 6.42. The first kappa shape index (κ1) is 17.9. The minimum Gasteiger partial charge on any atom is -0.468 e. The van der Waals surface area contributed by atoms with Gasteiger partial charge in [0.15, 0.2) is 0 Å². The number of nitrogens with zero attached hydrogens (tertiary/aromatic N) is 1. The number of morpholine rings is 1. The molecule has 0 spiro atoms. The first-order valence-electron chi connectivity index (χ1n) is 7.93. The normalized spacial score (nSPS) is 28.0. The van der Waals surface area contributed by atoms with Crippen molar-refractivity contribution in [1.82, 2.24) is 15.8 Å². The number of esters is 1. The van der Waals surface area contributed by atoms with Gasteiger partial charge in [-0.05, 0) is 17.7 Å². The molecule has 24 heavy (non-hydrogen) atoms. The van der Waals surface area contributed by atoms with Crippen LogP contribution in [0.3, 0.4) is 0 Å². The number of benzene rings is 1. The monoisotopic (exact) mass is 373 g/mol. The summed E-state index contributed by atoms with van der Waals surface area (Å²) in [6, 6.07) is 5.27. The topological polar surface area (TPSA) is 62.8 Å². The maximum atomic E-state index is 11.8. The fourth-order valence-electron chi connectivity index (χ4n) is 3.20. The van der Waals surface area contributed by atoms with Crippen molar-refractivity contribution >= 4 is 29.2 Å². The van der Waals surface area contributed by atoms with Crippen molar-refractivity contribution in [2.45, 2.75) is 12.1 Å². The van der Waals surface area contributed by atoms with Gasteiger partial charge in [-0.3, -0.25) is 15.1 Å². The van der Waals surface area contributed by atoms with Crippen molar-refractivity contribution in [3.8, 4) is 0 Å². The van der Waals surface area contributed by atoms with Crippen LogP contribution in [0.15, 0.2) is 18.2 Å². The van der Waals surface area contributed by atoms with E-state index in [0.29, 0.717) is 16.7 Å². The van der Waals surface area contributed by atoms with Gasteiger partial charge in [0.2, 0.25) is 0 Å². The SMILES string of the molecule is COC(=O)C1NNCC1CN1CCOC(c2ccc(Cl)c(Cl)c2)C1. The van der Waals surface area contributed by atoms with Crippen molar-refractivity contribution < 1.29 is 14.3 Å². The molecule has 2 aliphatic heterocycles. The molecule has 1 aromatic carbocycles. The lowest BCUT2D eigenvalue weighted by Crippen LogP contribution is -2.46. The molecule has 2 aliphatic rings. The Bertz CT molecular complexity index is 602. The molecule has 0 amide bonds. The number of carbonyl (C=O) groups excluding carboxylic acids is 1. The molecule has 1 aromatic rings. The van der Waals surface area contributed by atoms with E-state index in [1.54, 1.807) is 6.07 Å². The molecule has 0 aliphatic carbocycles. The van der Waals surface area contributed by atoms with Gasteiger partial charge < -0.3 is 9.47 Å². The summed E-state index contributed by atoms with van der Waals surface area (Å²) in [5.41, 5.74) is 7.05. The molecule has 2 fully saturated rings. The van der Waals surface area contributed by atoms with Crippen molar-refractivity contribution in [3.05, 3.63) is 33.8 Å². The number of ether oxygens (including phenoxy) is 2. The Morgan fingerprint density at radius 2 is 2.25 bits per heavy atom. The van der Waals surface area contributed by atoms with Crippen LogP contribution in [0.1, 0.15) is 11.7 Å². The summed E-state index contributed by atoms with van der Waals surface area (Å²) in [6.45, 7) is 3.75. The van der Waals surface area contributed by atoms with Gasteiger partial charge in [0, 0.05) is 32.1 Å². The third-order valence-electron chi connectivity index (χ3n) is 4.51. The van der Waals surface area contributed by atoms with Crippen molar-refractivity contribution in [2.24, 2.45) is 5.92 Å². The summed E-state index contributed by atoms with van der Waals surface area (Å²) in [6.07, 6.45) is -0.0487. The Morgan fingerprint density at radius 1 is 1.42 bits per heavy atom. The molecule has 3 rings (SSSR count). The van der Waals surface area contributed by atoms with Gasteiger partial charge in [-0.2, -0.15) is 0 Å². The zero-order valence-corrected chi connectivity index (χ0v) is 14.9. The van der Waals surface area contributed by atoms with Crippen molar-refractivity contribution in [2.75, 3.05) is 39.9 Å². The molecule has 6 nitrogen and oxygen atoms in total. The predicted octanol–water partition coefficient (Wildman–Crippen LogP) is 1.63. The first-order chi connectivity index (χ1) is 11.6. The average Bonchev–Trinajstić information content (AvgIpc) is 3.05. The summed E-state index contributed by atoms with van der Waals surface area (Å²) >= 11 is 12.1. The number of rotatable bonds is 4. The molecule has 3 unspecified atom stereocenters. The van der Waals surface area contributed by atoms with Crippen LogP contribution < -0.4 is 10.9 Å². The Labute approximate surface area is 151 Å². The van der Waals surface area contributed by atoms with E-state index in [-0.39, 0.29) is 24.0 Å². The Morgan fingerprint density at radius 3 is 3.00 bits per heavy atom. The van der Waals surface area contributed by atoms with E-state index in [1.807, 2.05) is 12.1 Å². The summed E-state index contributed by atoms with van der Waals surface area (Å²) in [5.74, 6) is -0.0794. The quantitative estimate of drug-likeness (QED) is 0.782. The van der Waals surface area contributed by atoms with Gasteiger partial charge in [-0.15, -0.1) is 0 Å². The van der Waals surface area contributed by atoms with Gasteiger partial charge in [0.1, 0.15) is 6.04 Å². The number of carbonyl (C=O) groups is 1. The second-order valence-corrected chi connectivity index (χ2v) is 6.89. The lowest BCUT2D eigenvalue weighted by Gasteiger charge is -2.35. The second-order valence-electron chi connectivity index (χ2n) is 6.08. The van der Waals surface area contributed by atoms with Crippen LogP contribution in [0, 0.1) is 5.92 Å². The van der Waals surface area contributed by atoms with E-state index in [4.69, 9.17) is 32.7 Å². The summed E-state index contributed by atoms with van der Waals surface area (Å²) < 4.78 is 10.7. The number of halogens is 2. The zero-order valence-electron chi connectivity index (χ0n) is 13.4. The van der Waals surface area contributed by atoms with Crippen LogP contribution in [-0.2, 0) is 14.3 Å². The van der Waals surface area contributed by atoms with E-state index in [0.717, 1.165) is 31.7 Å². The van der Waals surface area contributed by atoms with E-state index in [1.165, 1.54) is 7.11 Å². The molecule has 2 saturated heterocycles. The van der Waals surface area contributed by atoms with Crippen LogP contribution >= 0.6 is 23.2 Å². The Balaban J connectivity index is 1.63. The maximum Gasteiger partial charge on any atom is 0.324 e. The third-order valence-corrected chi connectivity index (χ3v) is 5.25. The summed E-state index contributed by atoms with van der Waals surface area (Å²) in [4.78, 5) is 14.1. The molecule has 0 saturated carbocycles. The van der Waals surface area contributed by atoms with Crippen molar-refractivity contribution in [3.63, 3.8) is 0 Å². The largest absolute Gasteiger partial charge is 0.468 e. The van der Waals surface area contributed by atoms with Crippen LogP contribution in [0.5, 0.6) is 0 Å². The summed E-state index contributed by atoms with van der Waals surface area (Å²) in [5, 5.41) is 1.07. The molecule has 2 heterocycles. The van der Waals surface area contributed by atoms with Crippen LogP contribution in [0.25, 0.3) is 0 Å². The van der Waals surface area contributed by atoms with Crippen molar-refractivity contribution in [1.29, 1.82) is 0 Å². The molecular formula is C16H21Cl2N3O3. The lowest BCUT2D eigenvalue weighted by atomic mass is 10.0. The van der Waals surface area contributed by atoms with Gasteiger partial charge in [-0.1, -0.05) is 29.3 Å². The molecule has 2 N–H and O–H groups in total. The molecule has 3 atom stereocenters. The average molecular weight is 374 g/mol. The molecule has 132 valence electrons. The summed E-state index contributed by atoms with van der Waals surface area (Å²) in [7, 11) is 1.41. The predicted molar refractivity (Wildman–Crippen MR) is 92.0 cm³/mol. The number of hydrazine groups is 1. The standard InChI is InChI=1S/C16H21Cl2N3O3/c1-23-16(22)15-11(7-19-20-15)8-21-4-5-24-14(9-21)10-2-3-12(17)13(18)6-10/h2-3,6,11,14-15,19-20H,4-5,7-9H2,1H3. The van der Waals surface area contributed by atoms with Crippen LogP contribution in [0.4, 0.5) is 0 Å². The van der Waals surface area contributed by atoms with Gasteiger partial charge in [0.25, 0.3) is 0 Å². The number of nitrogens with one attached hydrogen (secondary N) is 2. The zero-order chi connectivity index (χ0) is 17.1. The molecule has 0 radical (unpaired) electrons. The highest BCUT2D eigenvalue weighted by Crippen LogP contribution is 2.29. The maximum absolute atomic E-state index is 11.8. The van der Waals surface area contributed by atoms with E-state index < -0.39 is 0 Å². The van der Waals surface area contributed by atoms with Crippen LogP contribution in [-0.4, -0.2) is 56.8 Å². The fourth-order valence-corrected chi connectivity index (χ4v) is 3.50. The third kappa shape index (κ3) is 4.02. The van der Waals surface area contributed by atoms with Gasteiger partial charge in [0.05, 0.1) is 29.9 Å². The Kier molecular flexibility index (Phi) is 5.97. The number of methoxy groups -OCH3 is 1. The highest BCUT2D eigenvalue weighted by Gasteiger charge is 2.35. The minimum absolute atomic E-state index is 0.0487. The van der Waals surface area contributed by atoms with E-state index in [2.05, 4.69) is 15.8 Å². The lowest BCUT2D eigenvalue weighted by molar-refractivity contribution is -0.144. The first-order valence-corrected chi connectivity index (χ1v) is 8.69. The number of hydrogen-bond acceptors (Lipinski definition) is 6. The van der Waals surface area contributed by atoms with Gasteiger partial charge in [-0.25, -0.2) is 5.43 Å².